The first kappa shape index (κ1) is 18.8. The van der Waals surface area contributed by atoms with Crippen LogP contribution >= 0.6 is 0 Å². The normalized spacial score (nSPS) is 15.8. The van der Waals surface area contributed by atoms with Crippen molar-refractivity contribution in [3.8, 4) is 5.75 Å². The van der Waals surface area contributed by atoms with Crippen LogP contribution in [0, 0.1) is 6.92 Å². The number of ether oxygens (including phenoxy) is 1. The molecule has 28 heavy (non-hydrogen) atoms. The van der Waals surface area contributed by atoms with E-state index < -0.39 is 0 Å². The van der Waals surface area contributed by atoms with Crippen LogP contribution in [0.3, 0.4) is 0 Å². The Balaban J connectivity index is 1.67. The molecule has 2 aromatic carbocycles. The van der Waals surface area contributed by atoms with Gasteiger partial charge in [-0.05, 0) is 31.0 Å². The molecular weight excluding hydrogens is 346 g/mol. The fourth-order valence-corrected chi connectivity index (χ4v) is 4.54. The average Bonchev–Trinajstić information content (AvgIpc) is 3.17. The number of hydrogen-bond acceptors (Lipinski definition) is 2. The molecule has 0 spiro atoms. The highest BCUT2D eigenvalue weighted by atomic mass is 16.5. The molecule has 0 amide bonds. The van der Waals surface area contributed by atoms with Gasteiger partial charge in [-0.2, -0.15) is 0 Å². The Kier molecular flexibility index (Phi) is 5.52. The molecule has 1 aliphatic heterocycles. The van der Waals surface area contributed by atoms with E-state index in [-0.39, 0.29) is 11.9 Å². The van der Waals surface area contributed by atoms with Crippen LogP contribution in [0.2, 0.25) is 0 Å². The zero-order chi connectivity index (χ0) is 19.5. The van der Waals surface area contributed by atoms with E-state index in [0.29, 0.717) is 5.75 Å². The van der Waals surface area contributed by atoms with Gasteiger partial charge in [0.1, 0.15) is 11.7 Å². The van der Waals surface area contributed by atoms with E-state index in [9.17, 15) is 4.79 Å². The third-order valence-corrected chi connectivity index (χ3v) is 5.98. The van der Waals surface area contributed by atoms with Crippen molar-refractivity contribution in [1.82, 2.24) is 4.57 Å². The molecule has 0 aliphatic carbocycles. The number of para-hydroxylation sites is 2. The summed E-state index contributed by atoms with van der Waals surface area (Å²) in [7, 11) is 0. The summed E-state index contributed by atoms with van der Waals surface area (Å²) < 4.78 is 7.98. The molecule has 0 radical (unpaired) electrons. The molecule has 0 bridgehead atoms. The first-order valence-corrected chi connectivity index (χ1v) is 10.6. The number of carbonyl (C=O) groups excluding carboxylic acids is 1. The highest BCUT2D eigenvalue weighted by Crippen LogP contribution is 2.43. The molecule has 0 N–H and O–H groups in total. The summed E-state index contributed by atoms with van der Waals surface area (Å²) in [6, 6.07) is 16.3. The maximum Gasteiger partial charge on any atom is 0.323 e. The molecule has 0 fully saturated rings. The zero-order valence-corrected chi connectivity index (χ0v) is 16.9. The van der Waals surface area contributed by atoms with Crippen molar-refractivity contribution in [3.05, 3.63) is 65.4 Å². The van der Waals surface area contributed by atoms with Gasteiger partial charge in [0.05, 0.1) is 0 Å². The Hall–Kier alpha value is -2.55. The van der Waals surface area contributed by atoms with E-state index in [1.165, 1.54) is 55.1 Å². The number of nitrogens with zero attached hydrogens (tertiary/aromatic N) is 1. The number of hydrogen-bond donors (Lipinski definition) is 0. The van der Waals surface area contributed by atoms with E-state index >= 15 is 0 Å². The summed E-state index contributed by atoms with van der Waals surface area (Å²) >= 11 is 0. The van der Waals surface area contributed by atoms with Crippen LogP contribution in [0.5, 0.6) is 5.75 Å². The second kappa shape index (κ2) is 8.22. The Morgan fingerprint density at radius 3 is 2.50 bits per heavy atom. The van der Waals surface area contributed by atoms with Gasteiger partial charge in [-0.15, -0.1) is 0 Å². The van der Waals surface area contributed by atoms with Gasteiger partial charge < -0.3 is 9.30 Å². The Morgan fingerprint density at radius 2 is 1.64 bits per heavy atom. The topological polar surface area (TPSA) is 31.2 Å². The molecular formula is C25H29NO2. The third kappa shape index (κ3) is 3.34. The van der Waals surface area contributed by atoms with E-state index in [0.717, 1.165) is 17.7 Å². The smallest absolute Gasteiger partial charge is 0.323 e. The lowest BCUT2D eigenvalue weighted by molar-refractivity contribution is -0.133. The number of fused-ring (bicyclic) bond motifs is 2. The van der Waals surface area contributed by atoms with Gasteiger partial charge in [-0.1, -0.05) is 75.4 Å². The van der Waals surface area contributed by atoms with Gasteiger partial charge in [0.25, 0.3) is 0 Å². The van der Waals surface area contributed by atoms with Crippen molar-refractivity contribution in [2.24, 2.45) is 0 Å². The summed E-state index contributed by atoms with van der Waals surface area (Å²) in [5.74, 6) is 0.211. The average molecular weight is 376 g/mol. The number of esters is 1. The van der Waals surface area contributed by atoms with E-state index in [1.807, 2.05) is 24.3 Å². The maximum absolute atomic E-state index is 12.8. The second-order valence-electron chi connectivity index (χ2n) is 7.83. The molecule has 1 aliphatic rings. The van der Waals surface area contributed by atoms with Gasteiger partial charge >= 0.3 is 5.97 Å². The standard InChI is InChI=1S/C25H29NO2/c1-3-4-5-6-7-12-17-26-18(2)23(19-13-8-10-15-21(19)26)24-20-14-9-11-16-22(20)28-25(24)27/h8-11,13-16,24H,3-7,12,17H2,1-2H3. The number of aryl methyl sites for hydroxylation is 1. The number of aromatic nitrogens is 1. The lowest BCUT2D eigenvalue weighted by atomic mass is 9.90. The van der Waals surface area contributed by atoms with Gasteiger partial charge in [0.2, 0.25) is 0 Å². The fourth-order valence-electron chi connectivity index (χ4n) is 4.54. The Labute approximate surface area is 167 Å². The van der Waals surface area contributed by atoms with Crippen molar-refractivity contribution in [2.75, 3.05) is 0 Å². The molecule has 1 atom stereocenters. The van der Waals surface area contributed by atoms with Gasteiger partial charge in [0.15, 0.2) is 0 Å². The number of carbonyl (C=O) groups is 1. The second-order valence-corrected chi connectivity index (χ2v) is 7.83. The van der Waals surface area contributed by atoms with Crippen LogP contribution in [0.25, 0.3) is 10.9 Å². The summed E-state index contributed by atoms with van der Waals surface area (Å²) in [5.41, 5.74) is 4.50. The van der Waals surface area contributed by atoms with Crippen molar-refractivity contribution in [2.45, 2.75) is 64.8 Å². The predicted octanol–water partition coefficient (Wildman–Crippen LogP) is 6.36. The number of benzene rings is 2. The molecule has 146 valence electrons. The van der Waals surface area contributed by atoms with Crippen LogP contribution in [0.1, 0.15) is 68.2 Å². The maximum atomic E-state index is 12.8. The minimum atomic E-state index is -0.327. The molecule has 3 aromatic rings. The van der Waals surface area contributed by atoms with E-state index in [2.05, 4.69) is 42.7 Å². The van der Waals surface area contributed by atoms with Crippen LogP contribution < -0.4 is 4.74 Å². The molecule has 1 unspecified atom stereocenters. The lowest BCUT2D eigenvalue weighted by Gasteiger charge is -2.11. The zero-order valence-electron chi connectivity index (χ0n) is 16.9. The molecule has 3 heteroatoms. The molecule has 0 saturated heterocycles. The van der Waals surface area contributed by atoms with E-state index in [1.54, 1.807) is 0 Å². The van der Waals surface area contributed by atoms with Gasteiger partial charge in [0, 0.05) is 28.7 Å². The molecule has 2 heterocycles. The minimum absolute atomic E-state index is 0.160. The highest BCUT2D eigenvalue weighted by molar-refractivity contribution is 5.97. The predicted molar refractivity (Wildman–Crippen MR) is 114 cm³/mol. The largest absolute Gasteiger partial charge is 0.425 e. The molecule has 1 aromatic heterocycles. The Bertz CT molecular complexity index is 985. The fraction of sp³-hybridized carbons (Fsp3) is 0.400. The lowest BCUT2D eigenvalue weighted by Crippen LogP contribution is -2.13. The summed E-state index contributed by atoms with van der Waals surface area (Å²) in [4.78, 5) is 12.8. The first-order chi connectivity index (χ1) is 13.7. The summed E-state index contributed by atoms with van der Waals surface area (Å²) in [5, 5.41) is 1.17. The van der Waals surface area contributed by atoms with Crippen molar-refractivity contribution >= 4 is 16.9 Å². The van der Waals surface area contributed by atoms with Crippen LogP contribution in [-0.2, 0) is 11.3 Å². The van der Waals surface area contributed by atoms with Crippen molar-refractivity contribution < 1.29 is 9.53 Å². The van der Waals surface area contributed by atoms with Gasteiger partial charge in [-0.25, -0.2) is 0 Å². The minimum Gasteiger partial charge on any atom is -0.425 e. The summed E-state index contributed by atoms with van der Waals surface area (Å²) in [6.07, 6.45) is 7.69. The van der Waals surface area contributed by atoms with Crippen LogP contribution in [-0.4, -0.2) is 10.5 Å². The quantitative estimate of drug-likeness (QED) is 0.260. The molecule has 3 nitrogen and oxygen atoms in total. The van der Waals surface area contributed by atoms with Crippen molar-refractivity contribution in [3.63, 3.8) is 0 Å². The van der Waals surface area contributed by atoms with Crippen LogP contribution in [0.4, 0.5) is 0 Å². The SMILES string of the molecule is CCCCCCCCn1c(C)c(C2C(=O)Oc3ccccc32)c2ccccc21. The first-order valence-electron chi connectivity index (χ1n) is 10.6. The van der Waals surface area contributed by atoms with Crippen LogP contribution in [0.15, 0.2) is 48.5 Å². The molecule has 4 rings (SSSR count). The van der Waals surface area contributed by atoms with E-state index in [4.69, 9.17) is 4.74 Å². The number of unbranched alkanes of at least 4 members (excludes halogenated alkanes) is 5. The Morgan fingerprint density at radius 1 is 0.929 bits per heavy atom. The molecule has 0 saturated carbocycles. The number of rotatable bonds is 8. The monoisotopic (exact) mass is 375 g/mol. The van der Waals surface area contributed by atoms with Crippen molar-refractivity contribution in [1.29, 1.82) is 0 Å². The highest BCUT2D eigenvalue weighted by Gasteiger charge is 2.37. The summed E-state index contributed by atoms with van der Waals surface area (Å²) in [6.45, 7) is 5.41. The van der Waals surface area contributed by atoms with Gasteiger partial charge in [-0.3, -0.25) is 4.79 Å². The third-order valence-electron chi connectivity index (χ3n) is 5.98.